The third-order valence-corrected chi connectivity index (χ3v) is 6.50. The van der Waals surface area contributed by atoms with Crippen molar-refractivity contribution in [3.8, 4) is 5.75 Å². The zero-order chi connectivity index (χ0) is 23.5. The Morgan fingerprint density at radius 1 is 1.21 bits per heavy atom. The molecule has 0 aromatic heterocycles. The van der Waals surface area contributed by atoms with Crippen molar-refractivity contribution in [3.05, 3.63) is 69.8 Å². The number of amides is 1. The van der Waals surface area contributed by atoms with E-state index in [1.165, 1.54) is 4.90 Å². The van der Waals surface area contributed by atoms with Crippen molar-refractivity contribution in [1.29, 1.82) is 0 Å². The molecule has 1 N–H and O–H groups in total. The predicted octanol–water partition coefficient (Wildman–Crippen LogP) is 4.71. The van der Waals surface area contributed by atoms with Crippen LogP contribution in [0, 0.1) is 0 Å². The van der Waals surface area contributed by atoms with Gasteiger partial charge in [0.2, 0.25) is 0 Å². The Balaban J connectivity index is 1.71. The molecule has 33 heavy (non-hydrogen) atoms. The quantitative estimate of drug-likeness (QED) is 0.431. The molecule has 2 aliphatic rings. The Labute approximate surface area is 203 Å². The van der Waals surface area contributed by atoms with Crippen molar-refractivity contribution in [3.63, 3.8) is 0 Å². The highest BCUT2D eigenvalue weighted by Gasteiger charge is 2.46. The molecule has 0 saturated carbocycles. The first-order chi connectivity index (χ1) is 15.9. The van der Waals surface area contributed by atoms with Crippen LogP contribution in [0.4, 0.5) is 5.69 Å². The summed E-state index contributed by atoms with van der Waals surface area (Å²) in [6.07, 6.45) is 0. The van der Waals surface area contributed by atoms with Gasteiger partial charge in [-0.2, -0.15) is 5.10 Å². The molecule has 4 rings (SSSR count). The number of allylic oxidation sites excluding steroid dienone is 1. The van der Waals surface area contributed by atoms with Crippen molar-refractivity contribution >= 4 is 55.5 Å². The fourth-order valence-electron chi connectivity index (χ4n) is 3.48. The first-order valence-electron chi connectivity index (χ1n) is 10.1. The van der Waals surface area contributed by atoms with E-state index in [2.05, 4.69) is 31.4 Å². The molecule has 2 aromatic carbocycles. The summed E-state index contributed by atoms with van der Waals surface area (Å²) in [5, 5.41) is 4.99. The van der Waals surface area contributed by atoms with Gasteiger partial charge in [0.15, 0.2) is 10.2 Å². The number of aliphatic imine (C=N–C) groups is 1. The molecular formula is C23H21BrN4O4S. The highest BCUT2D eigenvalue weighted by Crippen LogP contribution is 2.42. The van der Waals surface area contributed by atoms with Crippen molar-refractivity contribution < 1.29 is 19.1 Å². The lowest BCUT2D eigenvalue weighted by Gasteiger charge is -2.32. The maximum absolute atomic E-state index is 13.4. The van der Waals surface area contributed by atoms with E-state index in [9.17, 15) is 9.59 Å². The molecular weight excluding hydrogens is 508 g/mol. The Morgan fingerprint density at radius 3 is 2.55 bits per heavy atom. The molecule has 2 aliphatic heterocycles. The molecule has 170 valence electrons. The molecule has 1 saturated heterocycles. The van der Waals surface area contributed by atoms with E-state index in [1.807, 2.05) is 36.4 Å². The number of thioether (sulfide) groups is 1. The second-order valence-corrected chi connectivity index (χ2v) is 8.97. The molecule has 0 spiro atoms. The smallest absolute Gasteiger partial charge is 0.338 e. The van der Waals surface area contributed by atoms with Crippen LogP contribution in [0.1, 0.15) is 25.5 Å². The van der Waals surface area contributed by atoms with Crippen molar-refractivity contribution in [2.24, 2.45) is 10.1 Å². The summed E-state index contributed by atoms with van der Waals surface area (Å²) < 4.78 is 11.5. The van der Waals surface area contributed by atoms with Gasteiger partial charge in [0.1, 0.15) is 5.75 Å². The number of hydrazone groups is 1. The Bertz CT molecular complexity index is 1180. The number of carbonyl (C=O) groups excluding carboxylic acids is 2. The maximum Gasteiger partial charge on any atom is 0.338 e. The number of benzene rings is 2. The zero-order valence-electron chi connectivity index (χ0n) is 18.2. The molecule has 0 aliphatic carbocycles. The number of rotatable bonds is 6. The van der Waals surface area contributed by atoms with Gasteiger partial charge in [-0.05, 0) is 67.6 Å². The number of ether oxygens (including phenoxy) is 2. The first-order valence-corrected chi connectivity index (χ1v) is 11.7. The molecule has 8 nitrogen and oxygen atoms in total. The average molecular weight is 529 g/mol. The zero-order valence-corrected chi connectivity index (χ0v) is 20.6. The van der Waals surface area contributed by atoms with E-state index in [1.54, 1.807) is 33.1 Å². The van der Waals surface area contributed by atoms with Crippen LogP contribution in [0.3, 0.4) is 0 Å². The minimum Gasteiger partial charge on any atom is -0.497 e. The molecule has 2 heterocycles. The number of anilines is 1. The summed E-state index contributed by atoms with van der Waals surface area (Å²) in [7, 11) is 1.58. The Morgan fingerprint density at radius 2 is 1.91 bits per heavy atom. The first kappa shape index (κ1) is 23.1. The van der Waals surface area contributed by atoms with E-state index < -0.39 is 12.0 Å². The summed E-state index contributed by atoms with van der Waals surface area (Å²) in [4.78, 5) is 32.3. The van der Waals surface area contributed by atoms with E-state index in [0.717, 1.165) is 27.5 Å². The lowest BCUT2D eigenvalue weighted by Crippen LogP contribution is -2.40. The standard InChI is InChI=1S/C23H21BrN4O4S/c1-4-32-22(30)18-13(2)25-23-28(19(18)14-5-11-17(31-3)12-6-14)21(29)20(33-23)27-26-16-9-7-15(24)8-10-16/h5-12,19,26H,4H2,1-3H3/b27-20-. The van der Waals surface area contributed by atoms with E-state index in [4.69, 9.17) is 9.47 Å². The van der Waals surface area contributed by atoms with E-state index >= 15 is 0 Å². The topological polar surface area (TPSA) is 92.6 Å². The third kappa shape index (κ3) is 4.67. The number of carbonyl (C=O) groups is 2. The van der Waals surface area contributed by atoms with Crippen LogP contribution >= 0.6 is 27.7 Å². The molecule has 1 unspecified atom stereocenters. The Hall–Kier alpha value is -3.11. The summed E-state index contributed by atoms with van der Waals surface area (Å²) in [5.41, 5.74) is 5.21. The third-order valence-electron chi connectivity index (χ3n) is 5.04. The second kappa shape index (κ2) is 9.80. The van der Waals surface area contributed by atoms with Crippen LogP contribution in [0.25, 0.3) is 0 Å². The average Bonchev–Trinajstić information content (AvgIpc) is 3.12. The Kier molecular flexibility index (Phi) is 6.85. The van der Waals surface area contributed by atoms with Crippen LogP contribution in [0.5, 0.6) is 5.75 Å². The van der Waals surface area contributed by atoms with Crippen LogP contribution < -0.4 is 10.2 Å². The largest absolute Gasteiger partial charge is 0.497 e. The molecule has 1 amide bonds. The second-order valence-electron chi connectivity index (χ2n) is 7.10. The minimum absolute atomic E-state index is 0.216. The van der Waals surface area contributed by atoms with Gasteiger partial charge in [0, 0.05) is 4.47 Å². The van der Waals surface area contributed by atoms with Crippen molar-refractivity contribution in [1.82, 2.24) is 4.90 Å². The van der Waals surface area contributed by atoms with Gasteiger partial charge in [0.05, 0.1) is 36.7 Å². The molecule has 10 heteroatoms. The van der Waals surface area contributed by atoms with Gasteiger partial charge < -0.3 is 9.47 Å². The number of esters is 1. The highest BCUT2D eigenvalue weighted by molar-refractivity contribution is 9.10. The van der Waals surface area contributed by atoms with Crippen LogP contribution in [-0.4, -0.2) is 40.7 Å². The van der Waals surface area contributed by atoms with Gasteiger partial charge in [-0.1, -0.05) is 28.1 Å². The predicted molar refractivity (Wildman–Crippen MR) is 132 cm³/mol. The maximum atomic E-state index is 13.4. The highest BCUT2D eigenvalue weighted by atomic mass is 79.9. The van der Waals surface area contributed by atoms with Crippen LogP contribution in [-0.2, 0) is 14.3 Å². The number of nitrogens with one attached hydrogen (secondary N) is 1. The molecule has 0 radical (unpaired) electrons. The number of nitrogens with zero attached hydrogens (tertiary/aromatic N) is 3. The number of methoxy groups -OCH3 is 1. The van der Waals surface area contributed by atoms with Gasteiger partial charge in [-0.3, -0.25) is 15.1 Å². The number of halogens is 1. The summed E-state index contributed by atoms with van der Waals surface area (Å²) >= 11 is 4.55. The number of fused-ring (bicyclic) bond motifs is 1. The lowest BCUT2D eigenvalue weighted by molar-refractivity contribution is -0.139. The summed E-state index contributed by atoms with van der Waals surface area (Å²) in [6.45, 7) is 3.70. The van der Waals surface area contributed by atoms with E-state index in [0.29, 0.717) is 22.2 Å². The summed E-state index contributed by atoms with van der Waals surface area (Å²) in [5.74, 6) is -0.182. The minimum atomic E-state index is -0.692. The van der Waals surface area contributed by atoms with Gasteiger partial charge in [-0.15, -0.1) is 0 Å². The molecule has 2 aromatic rings. The van der Waals surface area contributed by atoms with E-state index in [-0.39, 0.29) is 17.6 Å². The fourth-order valence-corrected chi connectivity index (χ4v) is 4.67. The summed E-state index contributed by atoms with van der Waals surface area (Å²) in [6, 6.07) is 14.0. The number of hydrogen-bond donors (Lipinski definition) is 1. The van der Waals surface area contributed by atoms with Gasteiger partial charge in [-0.25, -0.2) is 9.79 Å². The van der Waals surface area contributed by atoms with Crippen molar-refractivity contribution in [2.75, 3.05) is 19.1 Å². The fraction of sp³-hybridized carbons (Fsp3) is 0.217. The SMILES string of the molecule is CCOC(=O)C1=C(C)N=C2S/C(=N\Nc3ccc(Br)cc3)C(=O)N2C1c1ccc(OC)cc1. The number of hydrogen-bond acceptors (Lipinski definition) is 8. The van der Waals surface area contributed by atoms with Crippen LogP contribution in [0.15, 0.2) is 74.4 Å². The molecule has 1 atom stereocenters. The van der Waals surface area contributed by atoms with Gasteiger partial charge in [0.25, 0.3) is 5.91 Å². The van der Waals surface area contributed by atoms with Crippen molar-refractivity contribution in [2.45, 2.75) is 19.9 Å². The molecule has 1 fully saturated rings. The lowest BCUT2D eigenvalue weighted by atomic mass is 9.94. The molecule has 0 bridgehead atoms. The van der Waals surface area contributed by atoms with Gasteiger partial charge >= 0.3 is 5.97 Å². The normalized spacial score (nSPS) is 18.8. The van der Waals surface area contributed by atoms with Crippen LogP contribution in [0.2, 0.25) is 0 Å². The number of amidine groups is 1. The monoisotopic (exact) mass is 528 g/mol.